The van der Waals surface area contributed by atoms with Crippen molar-refractivity contribution in [2.75, 3.05) is 19.6 Å². The minimum Gasteiger partial charge on any atom is -0.336 e. The maximum Gasteiger partial charge on any atom is 0.254 e. The molecule has 0 saturated carbocycles. The minimum atomic E-state index is -0.0260. The van der Waals surface area contributed by atoms with Crippen LogP contribution in [-0.4, -0.2) is 40.0 Å². The van der Waals surface area contributed by atoms with Gasteiger partial charge in [-0.2, -0.15) is 0 Å². The summed E-state index contributed by atoms with van der Waals surface area (Å²) in [4.78, 5) is 19.4. The van der Waals surface area contributed by atoms with Gasteiger partial charge in [-0.3, -0.25) is 4.79 Å². The Kier molecular flexibility index (Phi) is 5.44. The van der Waals surface area contributed by atoms with Crippen LogP contribution in [0.2, 0.25) is 0 Å². The molecule has 124 valence electrons. The molecular formula is C17H23ClN4O. The summed E-state index contributed by atoms with van der Waals surface area (Å²) in [6.07, 6.45) is 3.70. The van der Waals surface area contributed by atoms with E-state index >= 15 is 0 Å². The van der Waals surface area contributed by atoms with E-state index in [-0.39, 0.29) is 24.4 Å². The molecule has 1 N–H and O–H groups in total. The first-order valence-electron chi connectivity index (χ1n) is 7.64. The normalized spacial score (nSPS) is 17.7. The maximum atomic E-state index is 13.0. The van der Waals surface area contributed by atoms with Crippen LogP contribution in [0.3, 0.4) is 0 Å². The van der Waals surface area contributed by atoms with Gasteiger partial charge < -0.3 is 14.8 Å². The Morgan fingerprint density at radius 1 is 1.35 bits per heavy atom. The second kappa shape index (κ2) is 7.15. The average molecular weight is 335 g/mol. The van der Waals surface area contributed by atoms with Crippen LogP contribution in [0.15, 0.2) is 30.6 Å². The lowest BCUT2D eigenvalue weighted by Gasteiger charge is -2.36. The van der Waals surface area contributed by atoms with Crippen molar-refractivity contribution in [1.82, 2.24) is 19.8 Å². The Labute approximate surface area is 143 Å². The molecule has 5 nitrogen and oxygen atoms in total. The number of hydrogen-bond acceptors (Lipinski definition) is 3. The molecule has 1 unspecified atom stereocenters. The fourth-order valence-electron chi connectivity index (χ4n) is 3.08. The van der Waals surface area contributed by atoms with E-state index in [1.807, 2.05) is 48.7 Å². The molecule has 0 radical (unpaired) electrons. The molecule has 2 aromatic rings. The van der Waals surface area contributed by atoms with Gasteiger partial charge in [0.05, 0.1) is 0 Å². The van der Waals surface area contributed by atoms with Crippen LogP contribution in [0.1, 0.15) is 33.4 Å². The number of rotatable bonds is 2. The monoisotopic (exact) mass is 334 g/mol. The number of imidazole rings is 1. The molecule has 3 rings (SSSR count). The summed E-state index contributed by atoms with van der Waals surface area (Å²) >= 11 is 0. The van der Waals surface area contributed by atoms with Crippen molar-refractivity contribution in [3.05, 3.63) is 53.1 Å². The number of carbonyl (C=O) groups is 1. The van der Waals surface area contributed by atoms with Gasteiger partial charge in [-0.1, -0.05) is 17.7 Å². The number of carbonyl (C=O) groups excluding carboxylic acids is 1. The molecule has 1 fully saturated rings. The molecule has 0 spiro atoms. The quantitative estimate of drug-likeness (QED) is 0.916. The van der Waals surface area contributed by atoms with Crippen LogP contribution in [-0.2, 0) is 7.05 Å². The fourth-order valence-corrected chi connectivity index (χ4v) is 3.08. The third-order valence-electron chi connectivity index (χ3n) is 4.27. The van der Waals surface area contributed by atoms with E-state index in [0.29, 0.717) is 6.54 Å². The van der Waals surface area contributed by atoms with E-state index < -0.39 is 0 Å². The highest BCUT2D eigenvalue weighted by Crippen LogP contribution is 2.24. The molecule has 1 atom stereocenters. The zero-order valence-electron chi connectivity index (χ0n) is 13.7. The van der Waals surface area contributed by atoms with Crippen molar-refractivity contribution in [2.24, 2.45) is 7.05 Å². The SMILES string of the molecule is Cc1ccc(C(=O)N2CCNCC2c2nccn2C)c(C)c1.Cl. The fraction of sp³-hybridized carbons (Fsp3) is 0.412. The Bertz CT molecular complexity index is 698. The standard InChI is InChI=1S/C17H22N4O.ClH/c1-12-4-5-14(13(2)10-12)17(22)21-9-6-18-11-15(21)16-19-7-8-20(16)3;/h4-5,7-8,10,15,18H,6,9,11H2,1-3H3;1H. The number of aromatic nitrogens is 2. The van der Waals surface area contributed by atoms with E-state index in [4.69, 9.17) is 0 Å². The third kappa shape index (κ3) is 3.41. The van der Waals surface area contributed by atoms with Gasteiger partial charge in [0.15, 0.2) is 0 Å². The number of aryl methyl sites for hydroxylation is 3. The summed E-state index contributed by atoms with van der Waals surface area (Å²) < 4.78 is 1.99. The van der Waals surface area contributed by atoms with Gasteiger partial charge in [0.1, 0.15) is 11.9 Å². The highest BCUT2D eigenvalue weighted by molar-refractivity contribution is 5.96. The topological polar surface area (TPSA) is 50.2 Å². The van der Waals surface area contributed by atoms with E-state index in [0.717, 1.165) is 30.0 Å². The number of halogens is 1. The first-order valence-corrected chi connectivity index (χ1v) is 7.64. The van der Waals surface area contributed by atoms with E-state index in [1.165, 1.54) is 5.56 Å². The smallest absolute Gasteiger partial charge is 0.254 e. The molecule has 1 aliphatic rings. The lowest BCUT2D eigenvalue weighted by molar-refractivity contribution is 0.0620. The predicted molar refractivity (Wildman–Crippen MR) is 93.0 cm³/mol. The molecule has 2 heterocycles. The van der Waals surface area contributed by atoms with E-state index in [9.17, 15) is 4.79 Å². The largest absolute Gasteiger partial charge is 0.336 e. The summed E-state index contributed by atoms with van der Waals surface area (Å²) in [7, 11) is 1.97. The molecule has 0 bridgehead atoms. The lowest BCUT2D eigenvalue weighted by Crippen LogP contribution is -2.49. The van der Waals surface area contributed by atoms with Crippen molar-refractivity contribution < 1.29 is 4.79 Å². The molecule has 0 aliphatic carbocycles. The second-order valence-electron chi connectivity index (χ2n) is 5.93. The van der Waals surface area contributed by atoms with Crippen molar-refractivity contribution in [3.8, 4) is 0 Å². The van der Waals surface area contributed by atoms with Crippen LogP contribution in [0.4, 0.5) is 0 Å². The number of benzene rings is 1. The summed E-state index contributed by atoms with van der Waals surface area (Å²) in [5.74, 6) is 1.01. The first-order chi connectivity index (χ1) is 10.6. The van der Waals surface area contributed by atoms with Gasteiger partial charge >= 0.3 is 0 Å². The lowest BCUT2D eigenvalue weighted by atomic mass is 10.0. The number of nitrogens with one attached hydrogen (secondary N) is 1. The number of hydrogen-bond donors (Lipinski definition) is 1. The van der Waals surface area contributed by atoms with Crippen LogP contribution < -0.4 is 5.32 Å². The van der Waals surface area contributed by atoms with Gasteiger partial charge in [0.2, 0.25) is 0 Å². The van der Waals surface area contributed by atoms with Crippen molar-refractivity contribution in [2.45, 2.75) is 19.9 Å². The second-order valence-corrected chi connectivity index (χ2v) is 5.93. The van der Waals surface area contributed by atoms with Crippen molar-refractivity contribution in [1.29, 1.82) is 0 Å². The molecule has 1 aromatic carbocycles. The summed E-state index contributed by atoms with van der Waals surface area (Å²) in [6, 6.07) is 5.97. The third-order valence-corrected chi connectivity index (χ3v) is 4.27. The Morgan fingerprint density at radius 3 is 2.78 bits per heavy atom. The van der Waals surface area contributed by atoms with Crippen molar-refractivity contribution in [3.63, 3.8) is 0 Å². The molecule has 1 saturated heterocycles. The summed E-state index contributed by atoms with van der Waals surface area (Å²) in [5, 5.41) is 3.36. The maximum absolute atomic E-state index is 13.0. The highest BCUT2D eigenvalue weighted by Gasteiger charge is 2.31. The molecule has 6 heteroatoms. The Hall–Kier alpha value is -1.85. The van der Waals surface area contributed by atoms with E-state index in [1.54, 1.807) is 6.20 Å². The van der Waals surface area contributed by atoms with Gasteiger partial charge in [0.25, 0.3) is 5.91 Å². The zero-order valence-corrected chi connectivity index (χ0v) is 14.6. The number of nitrogens with zero attached hydrogens (tertiary/aromatic N) is 3. The number of piperazine rings is 1. The molecule has 1 aliphatic heterocycles. The summed E-state index contributed by atoms with van der Waals surface area (Å²) in [5.41, 5.74) is 2.99. The molecular weight excluding hydrogens is 312 g/mol. The Balaban J connectivity index is 0.00000192. The highest BCUT2D eigenvalue weighted by atomic mass is 35.5. The minimum absolute atomic E-state index is 0. The molecule has 1 aromatic heterocycles. The van der Waals surface area contributed by atoms with E-state index in [2.05, 4.69) is 16.4 Å². The van der Waals surface area contributed by atoms with Gasteiger partial charge in [-0.15, -0.1) is 12.4 Å². The molecule has 23 heavy (non-hydrogen) atoms. The predicted octanol–water partition coefficient (Wildman–Crippen LogP) is 2.25. The van der Waals surface area contributed by atoms with Gasteiger partial charge in [-0.05, 0) is 25.5 Å². The van der Waals surface area contributed by atoms with Crippen LogP contribution in [0.25, 0.3) is 0 Å². The van der Waals surface area contributed by atoms with Crippen LogP contribution in [0, 0.1) is 13.8 Å². The first kappa shape index (κ1) is 17.5. The van der Waals surface area contributed by atoms with Crippen LogP contribution in [0.5, 0.6) is 0 Å². The number of amides is 1. The van der Waals surface area contributed by atoms with Crippen molar-refractivity contribution >= 4 is 18.3 Å². The average Bonchev–Trinajstić information content (AvgIpc) is 2.93. The zero-order chi connectivity index (χ0) is 15.7. The molecule has 1 amide bonds. The summed E-state index contributed by atoms with van der Waals surface area (Å²) in [6.45, 7) is 6.30. The van der Waals surface area contributed by atoms with Gasteiger partial charge in [-0.25, -0.2) is 4.98 Å². The Morgan fingerprint density at radius 2 is 2.13 bits per heavy atom. The van der Waals surface area contributed by atoms with Gasteiger partial charge in [0, 0.05) is 44.6 Å². The van der Waals surface area contributed by atoms with Crippen LogP contribution >= 0.6 is 12.4 Å².